The molecule has 0 aliphatic carbocycles. The third-order valence-corrected chi connectivity index (χ3v) is 7.27. The van der Waals surface area contributed by atoms with Crippen LogP contribution in [0, 0.1) is 0 Å². The predicted octanol–water partition coefficient (Wildman–Crippen LogP) is 2.67. The normalized spacial score (nSPS) is 20.0. The van der Waals surface area contributed by atoms with E-state index in [9.17, 15) is 8.42 Å². The maximum atomic E-state index is 12.6. The van der Waals surface area contributed by atoms with Crippen LogP contribution in [0.3, 0.4) is 0 Å². The zero-order valence-electron chi connectivity index (χ0n) is 17.5. The van der Waals surface area contributed by atoms with Crippen molar-refractivity contribution in [2.24, 2.45) is 4.99 Å². The van der Waals surface area contributed by atoms with E-state index >= 15 is 0 Å². The molecule has 0 amide bonds. The molecular weight excluding hydrogens is 372 g/mol. The number of hydrogen-bond acceptors (Lipinski definition) is 4. The maximum absolute atomic E-state index is 12.6. The van der Waals surface area contributed by atoms with Crippen molar-refractivity contribution >= 4 is 15.8 Å². The van der Waals surface area contributed by atoms with Crippen molar-refractivity contribution in [3.8, 4) is 0 Å². The van der Waals surface area contributed by atoms with Gasteiger partial charge in [-0.15, -0.1) is 0 Å². The smallest absolute Gasteiger partial charge is 0.191 e. The highest BCUT2D eigenvalue weighted by molar-refractivity contribution is 7.91. The molecule has 0 bridgehead atoms. The minimum atomic E-state index is -3.32. The van der Waals surface area contributed by atoms with E-state index in [0.29, 0.717) is 23.3 Å². The summed E-state index contributed by atoms with van der Waals surface area (Å²) in [6.45, 7) is 7.41. The third-order valence-electron chi connectivity index (χ3n) is 5.44. The second-order valence-corrected chi connectivity index (χ2v) is 9.61. The lowest BCUT2D eigenvalue weighted by atomic mass is 10.0. The number of likely N-dealkylation sites (tertiary alicyclic amines) is 1. The molecule has 0 radical (unpaired) electrons. The Morgan fingerprint density at radius 2 is 2.04 bits per heavy atom. The van der Waals surface area contributed by atoms with Gasteiger partial charge in [-0.25, -0.2) is 8.42 Å². The summed E-state index contributed by atoms with van der Waals surface area (Å²) < 4.78 is 25.3. The highest BCUT2D eigenvalue weighted by Gasteiger charge is 2.21. The van der Waals surface area contributed by atoms with Crippen LogP contribution in [0.5, 0.6) is 0 Å². The monoisotopic (exact) mass is 408 g/mol. The van der Waals surface area contributed by atoms with Crippen molar-refractivity contribution in [1.82, 2.24) is 15.5 Å². The van der Waals surface area contributed by atoms with E-state index in [1.165, 1.54) is 25.8 Å². The number of nitrogens with zero attached hydrogens (tertiary/aromatic N) is 2. The number of nitrogens with one attached hydrogen (secondary N) is 2. The van der Waals surface area contributed by atoms with Crippen molar-refractivity contribution < 1.29 is 8.42 Å². The van der Waals surface area contributed by atoms with Crippen LogP contribution in [-0.2, 0) is 9.84 Å². The Morgan fingerprint density at radius 3 is 2.68 bits per heavy atom. The summed E-state index contributed by atoms with van der Waals surface area (Å²) in [6, 6.07) is 9.13. The van der Waals surface area contributed by atoms with Crippen LogP contribution < -0.4 is 10.6 Å². The Bertz CT molecular complexity index is 706. The van der Waals surface area contributed by atoms with Crippen LogP contribution in [0.4, 0.5) is 0 Å². The topological polar surface area (TPSA) is 73.8 Å². The molecule has 7 heteroatoms. The first-order chi connectivity index (χ1) is 13.5. The predicted molar refractivity (Wildman–Crippen MR) is 117 cm³/mol. The number of guanidine groups is 1. The lowest BCUT2D eigenvalue weighted by Crippen LogP contribution is -2.46. The fraction of sp³-hybridized carbons (Fsp3) is 0.667. The molecule has 1 aromatic carbocycles. The molecule has 1 fully saturated rings. The van der Waals surface area contributed by atoms with Gasteiger partial charge < -0.3 is 15.5 Å². The van der Waals surface area contributed by atoms with Crippen LogP contribution in [0.2, 0.25) is 0 Å². The summed E-state index contributed by atoms with van der Waals surface area (Å²) in [5.41, 5.74) is 0. The van der Waals surface area contributed by atoms with Crippen molar-refractivity contribution in [3.05, 3.63) is 30.3 Å². The first kappa shape index (κ1) is 22.7. The summed E-state index contributed by atoms with van der Waals surface area (Å²) in [5, 5.41) is 6.60. The lowest BCUT2D eigenvalue weighted by molar-refractivity contribution is 0.159. The van der Waals surface area contributed by atoms with Gasteiger partial charge in [-0.05, 0) is 51.3 Å². The zero-order chi connectivity index (χ0) is 20.4. The number of aliphatic imine (C=N–C) groups is 1. The standard InChI is InChI=1S/C21H36N4O2S/c1-4-19(17-28(26,27)20-12-6-5-7-13-20)24-21(22-3)23-14-10-16-25-15-9-8-11-18(25)2/h5-7,12-13,18-19H,4,8-11,14-17H2,1-3H3,(H2,22,23,24). The molecule has 2 unspecified atom stereocenters. The molecule has 1 aliphatic rings. The average Bonchev–Trinajstić information content (AvgIpc) is 2.71. The van der Waals surface area contributed by atoms with Gasteiger partial charge >= 0.3 is 0 Å². The SMILES string of the molecule is CCC(CS(=O)(=O)c1ccccc1)NC(=NC)NCCCN1CCCCC1C. The van der Waals surface area contributed by atoms with Crippen LogP contribution in [0.25, 0.3) is 0 Å². The molecule has 1 aromatic rings. The highest BCUT2D eigenvalue weighted by atomic mass is 32.2. The molecule has 1 aliphatic heterocycles. The Balaban J connectivity index is 1.80. The van der Waals surface area contributed by atoms with E-state index in [1.54, 1.807) is 31.3 Å². The fourth-order valence-electron chi connectivity index (χ4n) is 3.62. The molecule has 2 atom stereocenters. The van der Waals surface area contributed by atoms with E-state index in [-0.39, 0.29) is 11.8 Å². The van der Waals surface area contributed by atoms with Crippen molar-refractivity contribution in [2.45, 2.75) is 62.9 Å². The molecule has 2 rings (SSSR count). The summed E-state index contributed by atoms with van der Waals surface area (Å²) in [4.78, 5) is 7.19. The van der Waals surface area contributed by atoms with E-state index in [2.05, 4.69) is 27.4 Å². The van der Waals surface area contributed by atoms with Crippen molar-refractivity contribution in [3.63, 3.8) is 0 Å². The first-order valence-corrected chi connectivity index (χ1v) is 12.1. The molecule has 0 saturated carbocycles. The molecule has 1 heterocycles. The number of hydrogen-bond donors (Lipinski definition) is 2. The Kier molecular flexibility index (Phi) is 9.25. The highest BCUT2D eigenvalue weighted by Crippen LogP contribution is 2.16. The van der Waals surface area contributed by atoms with Gasteiger partial charge in [0.15, 0.2) is 15.8 Å². The Morgan fingerprint density at radius 1 is 1.29 bits per heavy atom. The summed E-state index contributed by atoms with van der Waals surface area (Å²) >= 11 is 0. The van der Waals surface area contributed by atoms with Gasteiger partial charge in [0, 0.05) is 32.2 Å². The summed E-state index contributed by atoms with van der Waals surface area (Å²) in [7, 11) is -1.60. The number of benzene rings is 1. The molecule has 28 heavy (non-hydrogen) atoms. The van der Waals surface area contributed by atoms with Gasteiger partial charge in [0.1, 0.15) is 0 Å². The minimum absolute atomic E-state index is 0.0551. The Labute approximate surface area is 170 Å². The van der Waals surface area contributed by atoms with Crippen LogP contribution in [0.1, 0.15) is 46.0 Å². The summed E-state index contributed by atoms with van der Waals surface area (Å²) in [5.74, 6) is 0.723. The van der Waals surface area contributed by atoms with Crippen LogP contribution >= 0.6 is 0 Å². The molecule has 6 nitrogen and oxygen atoms in total. The molecule has 158 valence electrons. The van der Waals surface area contributed by atoms with Gasteiger partial charge in [0.2, 0.25) is 0 Å². The van der Waals surface area contributed by atoms with Gasteiger partial charge in [-0.1, -0.05) is 31.5 Å². The van der Waals surface area contributed by atoms with E-state index in [1.807, 2.05) is 13.0 Å². The van der Waals surface area contributed by atoms with Gasteiger partial charge in [0.05, 0.1) is 10.6 Å². The van der Waals surface area contributed by atoms with Gasteiger partial charge in [-0.2, -0.15) is 0 Å². The minimum Gasteiger partial charge on any atom is -0.356 e. The van der Waals surface area contributed by atoms with Crippen LogP contribution in [-0.4, -0.2) is 63.8 Å². The molecular formula is C21H36N4O2S. The second kappa shape index (κ2) is 11.4. The lowest BCUT2D eigenvalue weighted by Gasteiger charge is -2.33. The molecule has 2 N–H and O–H groups in total. The average molecular weight is 409 g/mol. The third kappa shape index (κ3) is 7.09. The van der Waals surface area contributed by atoms with Crippen molar-refractivity contribution in [2.75, 3.05) is 32.4 Å². The molecule has 0 spiro atoms. The maximum Gasteiger partial charge on any atom is 0.191 e. The van der Waals surface area contributed by atoms with Gasteiger partial charge in [-0.3, -0.25) is 4.99 Å². The largest absolute Gasteiger partial charge is 0.356 e. The second-order valence-electron chi connectivity index (χ2n) is 7.58. The quantitative estimate of drug-likeness (QED) is 0.373. The number of piperidine rings is 1. The molecule has 0 aromatic heterocycles. The van der Waals surface area contributed by atoms with E-state index in [0.717, 1.165) is 19.5 Å². The molecule has 1 saturated heterocycles. The zero-order valence-corrected chi connectivity index (χ0v) is 18.3. The van der Waals surface area contributed by atoms with Crippen molar-refractivity contribution in [1.29, 1.82) is 0 Å². The van der Waals surface area contributed by atoms with E-state index in [4.69, 9.17) is 0 Å². The number of rotatable bonds is 9. The van der Waals surface area contributed by atoms with Crippen LogP contribution in [0.15, 0.2) is 40.2 Å². The summed E-state index contributed by atoms with van der Waals surface area (Å²) in [6.07, 6.45) is 5.69. The first-order valence-electron chi connectivity index (χ1n) is 10.4. The number of sulfone groups is 1. The van der Waals surface area contributed by atoms with Gasteiger partial charge in [0.25, 0.3) is 0 Å². The van der Waals surface area contributed by atoms with E-state index < -0.39 is 9.84 Å². The Hall–Kier alpha value is -1.60. The fourth-order valence-corrected chi connectivity index (χ4v) is 5.23.